The predicted molar refractivity (Wildman–Crippen MR) is 83.3 cm³/mol. The first-order valence-electron chi connectivity index (χ1n) is 7.99. The molecule has 0 saturated carbocycles. The third kappa shape index (κ3) is 4.30. The van der Waals surface area contributed by atoms with E-state index in [-0.39, 0.29) is 17.9 Å². The normalized spacial score (nSPS) is 20.2. The van der Waals surface area contributed by atoms with Crippen molar-refractivity contribution in [3.63, 3.8) is 0 Å². The Bertz CT molecular complexity index is 468. The van der Waals surface area contributed by atoms with E-state index < -0.39 is 0 Å². The maximum absolute atomic E-state index is 12.5. The number of carbonyl (C=O) groups is 1. The van der Waals surface area contributed by atoms with Gasteiger partial charge in [-0.05, 0) is 25.3 Å². The highest BCUT2D eigenvalue weighted by molar-refractivity contribution is 5.94. The van der Waals surface area contributed by atoms with Gasteiger partial charge < -0.3 is 9.84 Å². The van der Waals surface area contributed by atoms with Crippen molar-refractivity contribution < 1.29 is 9.32 Å². The Morgan fingerprint density at radius 3 is 2.81 bits per heavy atom. The molecule has 1 saturated heterocycles. The van der Waals surface area contributed by atoms with Crippen LogP contribution in [0.25, 0.3) is 0 Å². The Kier molecular flexibility index (Phi) is 5.39. The topological polar surface area (TPSA) is 58.4 Å². The van der Waals surface area contributed by atoms with Gasteiger partial charge in [0.1, 0.15) is 5.76 Å². The van der Waals surface area contributed by atoms with Gasteiger partial charge >= 0.3 is 0 Å². The fourth-order valence-corrected chi connectivity index (χ4v) is 2.81. The van der Waals surface area contributed by atoms with Crippen molar-refractivity contribution in [1.82, 2.24) is 10.1 Å². The van der Waals surface area contributed by atoms with Crippen LogP contribution < -0.4 is 5.32 Å². The Hall–Kier alpha value is -1.36. The molecule has 118 valence electrons. The molecule has 1 aliphatic rings. The average Bonchev–Trinajstić information content (AvgIpc) is 2.87. The molecule has 1 unspecified atom stereocenters. The fourth-order valence-electron chi connectivity index (χ4n) is 2.81. The summed E-state index contributed by atoms with van der Waals surface area (Å²) in [5, 5.41) is 6.84. The lowest BCUT2D eigenvalue weighted by Crippen LogP contribution is -2.48. The van der Waals surface area contributed by atoms with E-state index in [1.165, 1.54) is 6.42 Å². The SMILES string of the molecule is CC(C)CN1CCCCC1C(=O)Nc1cc(C(C)C)on1. The van der Waals surface area contributed by atoms with Crippen LogP contribution in [0.4, 0.5) is 5.82 Å². The van der Waals surface area contributed by atoms with E-state index in [1.807, 2.05) is 19.9 Å². The lowest BCUT2D eigenvalue weighted by atomic mass is 10.00. The summed E-state index contributed by atoms with van der Waals surface area (Å²) in [5.74, 6) is 2.21. The molecule has 1 N–H and O–H groups in total. The van der Waals surface area contributed by atoms with E-state index >= 15 is 0 Å². The van der Waals surface area contributed by atoms with Gasteiger partial charge in [-0.1, -0.05) is 39.3 Å². The molecule has 2 heterocycles. The van der Waals surface area contributed by atoms with Crippen molar-refractivity contribution in [3.05, 3.63) is 11.8 Å². The summed E-state index contributed by atoms with van der Waals surface area (Å²) >= 11 is 0. The van der Waals surface area contributed by atoms with Crippen LogP contribution >= 0.6 is 0 Å². The largest absolute Gasteiger partial charge is 0.359 e. The Labute approximate surface area is 127 Å². The van der Waals surface area contributed by atoms with Gasteiger partial charge in [-0.25, -0.2) is 0 Å². The summed E-state index contributed by atoms with van der Waals surface area (Å²) in [6.07, 6.45) is 3.22. The van der Waals surface area contributed by atoms with Gasteiger partial charge in [0, 0.05) is 18.5 Å². The van der Waals surface area contributed by atoms with Crippen molar-refractivity contribution in [3.8, 4) is 0 Å². The highest BCUT2D eigenvalue weighted by Gasteiger charge is 2.29. The molecule has 0 aliphatic carbocycles. The van der Waals surface area contributed by atoms with Crippen LogP contribution in [-0.2, 0) is 4.79 Å². The number of piperidine rings is 1. The maximum atomic E-state index is 12.5. The summed E-state index contributed by atoms with van der Waals surface area (Å²) in [4.78, 5) is 14.8. The molecule has 1 fully saturated rings. The van der Waals surface area contributed by atoms with E-state index in [0.717, 1.165) is 31.7 Å². The van der Waals surface area contributed by atoms with E-state index in [4.69, 9.17) is 4.52 Å². The first kappa shape index (κ1) is 16.0. The van der Waals surface area contributed by atoms with Crippen molar-refractivity contribution in [2.24, 2.45) is 5.92 Å². The second-order valence-corrected chi connectivity index (χ2v) is 6.66. The third-order valence-corrected chi connectivity index (χ3v) is 3.86. The molecule has 1 aromatic heterocycles. The zero-order valence-electron chi connectivity index (χ0n) is 13.6. The molecule has 5 heteroatoms. The van der Waals surface area contributed by atoms with Crippen LogP contribution in [0.1, 0.15) is 58.6 Å². The minimum Gasteiger partial charge on any atom is -0.359 e. The van der Waals surface area contributed by atoms with Gasteiger partial charge in [-0.15, -0.1) is 0 Å². The van der Waals surface area contributed by atoms with Gasteiger partial charge in [0.15, 0.2) is 5.82 Å². The van der Waals surface area contributed by atoms with E-state index in [1.54, 1.807) is 0 Å². The minimum atomic E-state index is -0.0413. The van der Waals surface area contributed by atoms with Crippen molar-refractivity contribution >= 4 is 11.7 Å². The van der Waals surface area contributed by atoms with Gasteiger partial charge in [0.2, 0.25) is 5.91 Å². The van der Waals surface area contributed by atoms with Gasteiger partial charge in [0.25, 0.3) is 0 Å². The summed E-state index contributed by atoms with van der Waals surface area (Å²) in [6, 6.07) is 1.78. The van der Waals surface area contributed by atoms with Crippen LogP contribution in [0.2, 0.25) is 0 Å². The number of rotatable bonds is 5. The number of nitrogens with one attached hydrogen (secondary N) is 1. The zero-order valence-corrected chi connectivity index (χ0v) is 13.6. The number of carbonyl (C=O) groups excluding carboxylic acids is 1. The molecule has 0 radical (unpaired) electrons. The standard InChI is InChI=1S/C16H27N3O2/c1-11(2)10-19-8-6-5-7-13(19)16(20)17-15-9-14(12(3)4)21-18-15/h9,11-13H,5-8,10H2,1-4H3,(H,17,18,20). The highest BCUT2D eigenvalue weighted by Crippen LogP contribution is 2.21. The molecule has 1 aromatic rings. The number of hydrogen-bond acceptors (Lipinski definition) is 4. The quantitative estimate of drug-likeness (QED) is 0.905. The Morgan fingerprint density at radius 1 is 1.43 bits per heavy atom. The highest BCUT2D eigenvalue weighted by atomic mass is 16.5. The first-order valence-corrected chi connectivity index (χ1v) is 7.99. The molecule has 0 bridgehead atoms. The number of likely N-dealkylation sites (tertiary alicyclic amines) is 1. The molecular weight excluding hydrogens is 266 g/mol. The van der Waals surface area contributed by atoms with Gasteiger partial charge in [0.05, 0.1) is 6.04 Å². The smallest absolute Gasteiger partial charge is 0.242 e. The van der Waals surface area contributed by atoms with Crippen molar-refractivity contribution in [2.45, 2.75) is 58.9 Å². The number of aromatic nitrogens is 1. The molecule has 2 rings (SSSR count). The predicted octanol–water partition coefficient (Wildman–Crippen LogP) is 3.25. The summed E-state index contributed by atoms with van der Waals surface area (Å²) in [7, 11) is 0. The summed E-state index contributed by atoms with van der Waals surface area (Å²) in [5.41, 5.74) is 0. The van der Waals surface area contributed by atoms with Crippen molar-refractivity contribution in [2.75, 3.05) is 18.4 Å². The molecule has 5 nitrogen and oxygen atoms in total. The summed E-state index contributed by atoms with van der Waals surface area (Å²) in [6.45, 7) is 10.4. The van der Waals surface area contributed by atoms with Crippen LogP contribution in [-0.4, -0.2) is 35.1 Å². The number of anilines is 1. The second kappa shape index (κ2) is 7.07. The minimum absolute atomic E-state index is 0.0407. The Balaban J connectivity index is 1.99. The maximum Gasteiger partial charge on any atom is 0.242 e. The average molecular weight is 293 g/mol. The van der Waals surface area contributed by atoms with Gasteiger partial charge in [-0.2, -0.15) is 0 Å². The van der Waals surface area contributed by atoms with E-state index in [0.29, 0.717) is 11.7 Å². The van der Waals surface area contributed by atoms with E-state index in [9.17, 15) is 4.79 Å². The molecule has 0 spiro atoms. The number of amides is 1. The van der Waals surface area contributed by atoms with Crippen LogP contribution in [0.3, 0.4) is 0 Å². The molecule has 0 aromatic carbocycles. The zero-order chi connectivity index (χ0) is 15.4. The van der Waals surface area contributed by atoms with Crippen LogP contribution in [0.5, 0.6) is 0 Å². The lowest BCUT2D eigenvalue weighted by molar-refractivity contribution is -0.122. The summed E-state index contributed by atoms with van der Waals surface area (Å²) < 4.78 is 5.23. The third-order valence-electron chi connectivity index (χ3n) is 3.86. The first-order chi connectivity index (χ1) is 9.97. The molecule has 1 aliphatic heterocycles. The molecule has 1 amide bonds. The number of nitrogens with zero attached hydrogens (tertiary/aromatic N) is 2. The fraction of sp³-hybridized carbons (Fsp3) is 0.750. The molecule has 21 heavy (non-hydrogen) atoms. The van der Waals surface area contributed by atoms with Crippen LogP contribution in [0, 0.1) is 5.92 Å². The van der Waals surface area contributed by atoms with Crippen LogP contribution in [0.15, 0.2) is 10.6 Å². The lowest BCUT2D eigenvalue weighted by Gasteiger charge is -2.35. The number of hydrogen-bond donors (Lipinski definition) is 1. The van der Waals surface area contributed by atoms with Crippen molar-refractivity contribution in [1.29, 1.82) is 0 Å². The monoisotopic (exact) mass is 293 g/mol. The second-order valence-electron chi connectivity index (χ2n) is 6.66. The molecular formula is C16H27N3O2. The van der Waals surface area contributed by atoms with E-state index in [2.05, 4.69) is 29.2 Å². The molecule has 1 atom stereocenters. The Morgan fingerprint density at radius 2 is 2.19 bits per heavy atom. The van der Waals surface area contributed by atoms with Gasteiger partial charge in [-0.3, -0.25) is 9.69 Å².